The Labute approximate surface area is 84.3 Å². The number of hydrogen-bond donors (Lipinski definition) is 0. The molecule has 0 unspecified atom stereocenters. The molecule has 1 aromatic rings. The third-order valence-corrected chi connectivity index (χ3v) is 2.51. The lowest BCUT2D eigenvalue weighted by Crippen LogP contribution is -2.11. The van der Waals surface area contributed by atoms with Gasteiger partial charge in [0.15, 0.2) is 0 Å². The molecule has 0 radical (unpaired) electrons. The molecule has 1 aromatic carbocycles. The van der Waals surface area contributed by atoms with Gasteiger partial charge in [-0.25, -0.2) is 4.39 Å². The number of hydrogen-bond acceptors (Lipinski definition) is 1. The van der Waals surface area contributed by atoms with E-state index in [0.717, 1.165) is 6.07 Å². The molecule has 1 aliphatic rings. The average molecular weight is 219 g/mol. The molecular formula is C10H9F4N. The molecule has 0 spiro atoms. The first-order valence-electron chi connectivity index (χ1n) is 4.45. The monoisotopic (exact) mass is 219 g/mol. The third-order valence-electron chi connectivity index (χ3n) is 2.51. The zero-order chi connectivity index (χ0) is 11.2. The molecule has 82 valence electrons. The summed E-state index contributed by atoms with van der Waals surface area (Å²) < 4.78 is 50.6. The van der Waals surface area contributed by atoms with Gasteiger partial charge in [-0.1, -0.05) is 6.07 Å². The van der Waals surface area contributed by atoms with Crippen LogP contribution in [0.2, 0.25) is 0 Å². The Morgan fingerprint density at radius 1 is 1.20 bits per heavy atom. The van der Waals surface area contributed by atoms with Crippen LogP contribution in [0.3, 0.4) is 0 Å². The van der Waals surface area contributed by atoms with Crippen molar-refractivity contribution in [2.45, 2.75) is 19.3 Å². The second-order valence-electron chi connectivity index (χ2n) is 3.73. The average Bonchev–Trinajstić information content (AvgIpc) is 2.44. The molecule has 15 heavy (non-hydrogen) atoms. The first kappa shape index (κ1) is 10.4. The Morgan fingerprint density at radius 3 is 2.47 bits per heavy atom. The summed E-state index contributed by atoms with van der Waals surface area (Å²) in [6.45, 7) is 0.746. The van der Waals surface area contributed by atoms with Crippen LogP contribution in [0.15, 0.2) is 12.1 Å². The van der Waals surface area contributed by atoms with Gasteiger partial charge in [0.05, 0.1) is 5.56 Å². The van der Waals surface area contributed by atoms with Gasteiger partial charge in [0.25, 0.3) is 0 Å². The molecule has 1 nitrogen and oxygen atoms in total. The van der Waals surface area contributed by atoms with Crippen LogP contribution in [-0.2, 0) is 19.3 Å². The largest absolute Gasteiger partial charge is 0.419 e. The molecule has 2 rings (SSSR count). The Kier molecular flexibility index (Phi) is 2.22. The lowest BCUT2D eigenvalue weighted by molar-refractivity contribution is -0.140. The van der Waals surface area contributed by atoms with Gasteiger partial charge in [0.1, 0.15) is 5.82 Å². The Morgan fingerprint density at radius 2 is 1.87 bits per heavy atom. The SMILES string of the molecule is CN1Cc2ccc(C(F)(F)F)c(F)c2C1. The van der Waals surface area contributed by atoms with E-state index >= 15 is 0 Å². The Hall–Kier alpha value is -1.10. The lowest BCUT2D eigenvalue weighted by atomic mass is 10.1. The van der Waals surface area contributed by atoms with Crippen molar-refractivity contribution in [3.8, 4) is 0 Å². The van der Waals surface area contributed by atoms with Crippen molar-refractivity contribution in [1.82, 2.24) is 4.90 Å². The van der Waals surface area contributed by atoms with E-state index in [1.807, 2.05) is 0 Å². The minimum Gasteiger partial charge on any atom is -0.298 e. The van der Waals surface area contributed by atoms with Crippen LogP contribution in [-0.4, -0.2) is 11.9 Å². The highest BCUT2D eigenvalue weighted by molar-refractivity contribution is 5.37. The molecule has 0 amide bonds. The second kappa shape index (κ2) is 3.20. The first-order valence-corrected chi connectivity index (χ1v) is 4.45. The van der Waals surface area contributed by atoms with E-state index in [-0.39, 0.29) is 12.1 Å². The van der Waals surface area contributed by atoms with E-state index < -0.39 is 17.6 Å². The molecule has 5 heteroatoms. The molecule has 0 saturated heterocycles. The second-order valence-corrected chi connectivity index (χ2v) is 3.73. The van der Waals surface area contributed by atoms with Crippen LogP contribution in [0.5, 0.6) is 0 Å². The summed E-state index contributed by atoms with van der Waals surface area (Å²) >= 11 is 0. The van der Waals surface area contributed by atoms with E-state index in [1.54, 1.807) is 11.9 Å². The van der Waals surface area contributed by atoms with Gasteiger partial charge in [0.2, 0.25) is 0 Å². The topological polar surface area (TPSA) is 3.24 Å². The maximum absolute atomic E-state index is 13.5. The predicted molar refractivity (Wildman–Crippen MR) is 46.6 cm³/mol. The minimum atomic E-state index is -4.61. The van der Waals surface area contributed by atoms with E-state index in [2.05, 4.69) is 0 Å². The standard InChI is InChI=1S/C10H9F4N/c1-15-4-6-2-3-8(10(12,13)14)9(11)7(6)5-15/h2-3H,4-5H2,1H3. The number of rotatable bonds is 0. The highest BCUT2D eigenvalue weighted by Crippen LogP contribution is 2.35. The van der Waals surface area contributed by atoms with Crippen LogP contribution < -0.4 is 0 Å². The van der Waals surface area contributed by atoms with Crippen LogP contribution in [0.4, 0.5) is 17.6 Å². The summed E-state index contributed by atoms with van der Waals surface area (Å²) in [6, 6.07) is 2.16. The van der Waals surface area contributed by atoms with E-state index in [1.165, 1.54) is 6.07 Å². The third kappa shape index (κ3) is 1.71. The summed E-state index contributed by atoms with van der Waals surface area (Å²) in [5, 5.41) is 0. The molecule has 0 aliphatic carbocycles. The van der Waals surface area contributed by atoms with Crippen LogP contribution in [0.25, 0.3) is 0 Å². The van der Waals surface area contributed by atoms with Crippen molar-refractivity contribution in [3.63, 3.8) is 0 Å². The Balaban J connectivity index is 2.52. The van der Waals surface area contributed by atoms with Crippen LogP contribution in [0, 0.1) is 5.82 Å². The van der Waals surface area contributed by atoms with E-state index in [0.29, 0.717) is 12.1 Å². The quantitative estimate of drug-likeness (QED) is 0.606. The summed E-state index contributed by atoms with van der Waals surface area (Å²) in [5.74, 6) is -1.12. The van der Waals surface area contributed by atoms with E-state index in [9.17, 15) is 17.6 Å². The molecule has 0 atom stereocenters. The van der Waals surface area contributed by atoms with Gasteiger partial charge in [-0.2, -0.15) is 13.2 Å². The molecule has 1 aliphatic heterocycles. The molecule has 0 saturated carbocycles. The summed E-state index contributed by atoms with van der Waals surface area (Å²) in [7, 11) is 1.74. The van der Waals surface area contributed by atoms with Gasteiger partial charge in [-0.05, 0) is 18.7 Å². The highest BCUT2D eigenvalue weighted by atomic mass is 19.4. The predicted octanol–water partition coefficient (Wildman–Crippen LogP) is 2.79. The molecular weight excluding hydrogens is 210 g/mol. The van der Waals surface area contributed by atoms with Crippen molar-refractivity contribution < 1.29 is 17.6 Å². The van der Waals surface area contributed by atoms with Crippen molar-refractivity contribution >= 4 is 0 Å². The Bertz CT molecular complexity index is 397. The summed E-state index contributed by atoms with van der Waals surface area (Å²) in [5.41, 5.74) is -0.355. The zero-order valence-electron chi connectivity index (χ0n) is 8.03. The fourth-order valence-corrected chi connectivity index (χ4v) is 1.82. The number of halogens is 4. The normalized spacial score (nSPS) is 16.9. The number of benzene rings is 1. The fourth-order valence-electron chi connectivity index (χ4n) is 1.82. The smallest absolute Gasteiger partial charge is 0.298 e. The van der Waals surface area contributed by atoms with Crippen molar-refractivity contribution in [2.24, 2.45) is 0 Å². The first-order chi connectivity index (χ1) is 6.89. The maximum Gasteiger partial charge on any atom is 0.419 e. The van der Waals surface area contributed by atoms with Crippen LogP contribution in [0.1, 0.15) is 16.7 Å². The molecule has 1 heterocycles. The van der Waals surface area contributed by atoms with Crippen molar-refractivity contribution in [3.05, 3.63) is 34.6 Å². The maximum atomic E-state index is 13.5. The van der Waals surface area contributed by atoms with Gasteiger partial charge < -0.3 is 0 Å². The summed E-state index contributed by atoms with van der Waals surface area (Å²) in [6.07, 6.45) is -4.61. The van der Waals surface area contributed by atoms with Gasteiger partial charge in [0, 0.05) is 18.7 Å². The van der Waals surface area contributed by atoms with Crippen molar-refractivity contribution in [1.29, 1.82) is 0 Å². The molecule has 0 N–H and O–H groups in total. The molecule has 0 bridgehead atoms. The van der Waals surface area contributed by atoms with Crippen molar-refractivity contribution in [2.75, 3.05) is 7.05 Å². The fraction of sp³-hybridized carbons (Fsp3) is 0.400. The lowest BCUT2D eigenvalue weighted by Gasteiger charge is -2.10. The number of fused-ring (bicyclic) bond motifs is 1. The molecule has 0 aromatic heterocycles. The van der Waals surface area contributed by atoms with E-state index in [4.69, 9.17) is 0 Å². The molecule has 0 fully saturated rings. The van der Waals surface area contributed by atoms with Gasteiger partial charge in [-0.15, -0.1) is 0 Å². The van der Waals surface area contributed by atoms with Crippen LogP contribution >= 0.6 is 0 Å². The number of nitrogens with zero attached hydrogens (tertiary/aromatic N) is 1. The zero-order valence-corrected chi connectivity index (χ0v) is 8.03. The number of alkyl halides is 3. The van der Waals surface area contributed by atoms with Gasteiger partial charge in [-0.3, -0.25) is 4.90 Å². The summed E-state index contributed by atoms with van der Waals surface area (Å²) in [4.78, 5) is 1.77. The highest BCUT2D eigenvalue weighted by Gasteiger charge is 2.36. The minimum absolute atomic E-state index is 0.173. The van der Waals surface area contributed by atoms with Gasteiger partial charge >= 0.3 is 6.18 Å².